The molecule has 68 valence electrons. The molecule has 0 aromatic heterocycles. The highest BCUT2D eigenvalue weighted by atomic mass is 19.3. The molecule has 0 heterocycles. The van der Waals surface area contributed by atoms with Crippen LogP contribution in [0.15, 0.2) is 18.2 Å². The Morgan fingerprint density at radius 2 is 1.67 bits per heavy atom. The molecule has 0 spiro atoms. The maximum Gasteiger partial charge on any atom is 0.229 e. The lowest BCUT2D eigenvalue weighted by molar-refractivity contribution is 0.295. The Morgan fingerprint density at radius 3 is 2.00 bits per heavy atom. The molecule has 3 heteroatoms. The van der Waals surface area contributed by atoms with E-state index in [0.717, 1.165) is 5.56 Å². The molecule has 0 atom stereocenters. The Bertz CT molecular complexity index is 233. The van der Waals surface area contributed by atoms with E-state index < -0.39 is 6.93 Å². The van der Waals surface area contributed by atoms with Crippen LogP contribution < -0.4 is 0 Å². The molecule has 0 bridgehead atoms. The zero-order valence-electron chi connectivity index (χ0n) is 7.07. The van der Waals surface area contributed by atoms with Crippen molar-refractivity contribution in [1.82, 2.24) is 0 Å². The SMILES string of the molecule is Cc1ccc(C)c(F)c1.FCF. The van der Waals surface area contributed by atoms with Gasteiger partial charge in [-0.2, -0.15) is 0 Å². The lowest BCUT2D eigenvalue weighted by Crippen LogP contribution is -1.81. The number of hydrogen-bond donors (Lipinski definition) is 0. The van der Waals surface area contributed by atoms with Gasteiger partial charge in [0.15, 0.2) is 0 Å². The first-order chi connectivity index (χ1) is 5.61. The summed E-state index contributed by atoms with van der Waals surface area (Å²) >= 11 is 0. The molecule has 0 fully saturated rings. The predicted octanol–water partition coefficient (Wildman–Crippen LogP) is 3.33. The van der Waals surface area contributed by atoms with Crippen LogP contribution in [0.3, 0.4) is 0 Å². The average molecular weight is 176 g/mol. The topological polar surface area (TPSA) is 0 Å². The Kier molecular flexibility index (Phi) is 5.17. The van der Waals surface area contributed by atoms with Gasteiger partial charge in [0.25, 0.3) is 0 Å². The zero-order valence-corrected chi connectivity index (χ0v) is 7.07. The van der Waals surface area contributed by atoms with Gasteiger partial charge in [-0.1, -0.05) is 12.1 Å². The van der Waals surface area contributed by atoms with Gasteiger partial charge in [0, 0.05) is 0 Å². The van der Waals surface area contributed by atoms with E-state index in [1.165, 1.54) is 6.07 Å². The van der Waals surface area contributed by atoms with Gasteiger partial charge in [-0.25, -0.2) is 13.2 Å². The van der Waals surface area contributed by atoms with E-state index in [4.69, 9.17) is 0 Å². The lowest BCUT2D eigenvalue weighted by Gasteiger charge is -1.94. The molecule has 0 aliphatic heterocycles. The first-order valence-electron chi connectivity index (χ1n) is 3.46. The van der Waals surface area contributed by atoms with E-state index in [0.29, 0.717) is 5.56 Å². The predicted molar refractivity (Wildman–Crippen MR) is 43.0 cm³/mol. The first kappa shape index (κ1) is 11.0. The quantitative estimate of drug-likeness (QED) is 0.568. The minimum absolute atomic E-state index is 0.116. The van der Waals surface area contributed by atoms with Crippen LogP contribution in [0.1, 0.15) is 11.1 Å². The summed E-state index contributed by atoms with van der Waals surface area (Å²) < 4.78 is 31.8. The summed E-state index contributed by atoms with van der Waals surface area (Å²) in [5, 5.41) is 0. The van der Waals surface area contributed by atoms with E-state index in [-0.39, 0.29) is 5.82 Å². The molecule has 12 heavy (non-hydrogen) atoms. The smallest absolute Gasteiger partial charge is 0.214 e. The van der Waals surface area contributed by atoms with Crippen LogP contribution in [0.4, 0.5) is 13.2 Å². The van der Waals surface area contributed by atoms with Gasteiger partial charge >= 0.3 is 0 Å². The van der Waals surface area contributed by atoms with E-state index in [1.807, 2.05) is 13.0 Å². The van der Waals surface area contributed by atoms with Crippen molar-refractivity contribution in [2.75, 3.05) is 6.93 Å². The van der Waals surface area contributed by atoms with Gasteiger partial charge in [-0.3, -0.25) is 0 Å². The van der Waals surface area contributed by atoms with Crippen LogP contribution in [-0.2, 0) is 0 Å². The summed E-state index contributed by atoms with van der Waals surface area (Å²) in [7, 11) is 0. The Labute approximate surface area is 70.0 Å². The highest BCUT2D eigenvalue weighted by Crippen LogP contribution is 2.06. The fourth-order valence-electron chi connectivity index (χ4n) is 0.698. The van der Waals surface area contributed by atoms with Crippen molar-refractivity contribution < 1.29 is 13.2 Å². The monoisotopic (exact) mass is 176 g/mol. The third-order valence-corrected chi connectivity index (χ3v) is 1.33. The maximum atomic E-state index is 12.6. The summed E-state index contributed by atoms with van der Waals surface area (Å²) in [5.41, 5.74) is 1.68. The minimum Gasteiger partial charge on any atom is -0.214 e. The number of rotatable bonds is 0. The van der Waals surface area contributed by atoms with E-state index in [1.54, 1.807) is 13.0 Å². The minimum atomic E-state index is -1.75. The molecule has 0 saturated carbocycles. The van der Waals surface area contributed by atoms with Crippen LogP contribution >= 0.6 is 0 Å². The van der Waals surface area contributed by atoms with Crippen molar-refractivity contribution >= 4 is 0 Å². The normalized spacial score (nSPS) is 8.75. The number of halogens is 3. The summed E-state index contributed by atoms with van der Waals surface area (Å²) in [5.74, 6) is -0.116. The van der Waals surface area contributed by atoms with Gasteiger partial charge in [0.05, 0.1) is 0 Å². The Hall–Kier alpha value is -0.990. The summed E-state index contributed by atoms with van der Waals surface area (Å²) in [6.45, 7) is 1.89. The van der Waals surface area contributed by atoms with Crippen molar-refractivity contribution in [1.29, 1.82) is 0 Å². The van der Waals surface area contributed by atoms with Crippen LogP contribution in [0.5, 0.6) is 0 Å². The van der Waals surface area contributed by atoms with Crippen molar-refractivity contribution in [3.63, 3.8) is 0 Å². The third kappa shape index (κ3) is 4.01. The first-order valence-corrected chi connectivity index (χ1v) is 3.46. The molecule has 0 aliphatic rings. The molecule has 0 nitrogen and oxygen atoms in total. The summed E-state index contributed by atoms with van der Waals surface area (Å²) in [6.07, 6.45) is 0. The number of benzene rings is 1. The number of alkyl halides is 2. The molecule has 0 radical (unpaired) electrons. The molecule has 1 aromatic rings. The van der Waals surface area contributed by atoms with Crippen LogP contribution in [0, 0.1) is 19.7 Å². The number of aryl methyl sites for hydroxylation is 2. The second-order valence-electron chi connectivity index (χ2n) is 2.35. The molecule has 0 N–H and O–H groups in total. The molecule has 1 aromatic carbocycles. The van der Waals surface area contributed by atoms with Crippen LogP contribution in [0.2, 0.25) is 0 Å². The molecule has 0 unspecified atom stereocenters. The van der Waals surface area contributed by atoms with Crippen molar-refractivity contribution in [2.24, 2.45) is 0 Å². The molecule has 0 saturated heterocycles. The standard InChI is InChI=1S/C8H9F.CH2F2/c1-6-3-4-7(2)8(9)5-6;2-1-3/h3-5H,1-2H3;1H2. The van der Waals surface area contributed by atoms with Crippen LogP contribution in [-0.4, -0.2) is 6.93 Å². The van der Waals surface area contributed by atoms with Crippen molar-refractivity contribution in [2.45, 2.75) is 13.8 Å². The second kappa shape index (κ2) is 5.63. The Balaban J connectivity index is 0.000000354. The van der Waals surface area contributed by atoms with Gasteiger partial charge in [-0.15, -0.1) is 0 Å². The molecular formula is C9H11F3. The van der Waals surface area contributed by atoms with E-state index in [9.17, 15) is 13.2 Å². The van der Waals surface area contributed by atoms with E-state index >= 15 is 0 Å². The fraction of sp³-hybridized carbons (Fsp3) is 0.333. The van der Waals surface area contributed by atoms with Crippen LogP contribution in [0.25, 0.3) is 0 Å². The average Bonchev–Trinajstić information content (AvgIpc) is 1.99. The highest BCUT2D eigenvalue weighted by molar-refractivity contribution is 5.21. The summed E-state index contributed by atoms with van der Waals surface area (Å²) in [4.78, 5) is 0. The highest BCUT2D eigenvalue weighted by Gasteiger charge is 1.93. The van der Waals surface area contributed by atoms with Gasteiger partial charge in [0.1, 0.15) is 5.82 Å². The van der Waals surface area contributed by atoms with Gasteiger partial charge < -0.3 is 0 Å². The second-order valence-corrected chi connectivity index (χ2v) is 2.35. The third-order valence-electron chi connectivity index (χ3n) is 1.33. The lowest BCUT2D eigenvalue weighted by atomic mass is 10.2. The maximum absolute atomic E-state index is 12.6. The van der Waals surface area contributed by atoms with E-state index in [2.05, 4.69) is 0 Å². The fourth-order valence-corrected chi connectivity index (χ4v) is 0.698. The largest absolute Gasteiger partial charge is 0.229 e. The van der Waals surface area contributed by atoms with Gasteiger partial charge in [0.2, 0.25) is 6.93 Å². The van der Waals surface area contributed by atoms with Crippen molar-refractivity contribution in [3.05, 3.63) is 35.1 Å². The van der Waals surface area contributed by atoms with Gasteiger partial charge in [-0.05, 0) is 31.0 Å². The summed E-state index contributed by atoms with van der Waals surface area (Å²) in [6, 6.07) is 5.22. The molecule has 0 amide bonds. The molecule has 1 rings (SSSR count). The Morgan fingerprint density at radius 1 is 1.17 bits per heavy atom. The van der Waals surface area contributed by atoms with Crippen molar-refractivity contribution in [3.8, 4) is 0 Å². The molecular weight excluding hydrogens is 165 g/mol. The number of hydrogen-bond acceptors (Lipinski definition) is 0. The molecule has 0 aliphatic carbocycles. The zero-order chi connectivity index (χ0) is 9.56.